The van der Waals surface area contributed by atoms with Crippen LogP contribution in [-0.2, 0) is 23.7 Å². The molecule has 0 aromatic rings. The molecule has 2 fully saturated rings. The van der Waals surface area contributed by atoms with E-state index in [1.807, 2.05) is 0 Å². The number of aliphatic hydroxyl groups excluding tert-OH is 8. The SMILES string of the molecule is CCCCCCCCCC/C=C\CCCCCCCCCCCCCCCCCCCCCC(=O)NC(COC1OC(CO)C(OC2OC(CO)C(O)C(O)C2O)C(O)C1O)C(O)CCCCCCCCCCCCCCCCCCCCCCCCCCCC. The van der Waals surface area contributed by atoms with Crippen molar-refractivity contribution < 1.29 is 64.6 Å². The van der Waals surface area contributed by atoms with E-state index in [4.69, 9.17) is 18.9 Å². The van der Waals surface area contributed by atoms with Gasteiger partial charge >= 0.3 is 0 Å². The van der Waals surface area contributed by atoms with Crippen LogP contribution >= 0.6 is 0 Å². The van der Waals surface area contributed by atoms with Gasteiger partial charge in [0, 0.05) is 6.42 Å². The molecule has 540 valence electrons. The lowest BCUT2D eigenvalue weighted by Gasteiger charge is -2.46. The third-order valence-electron chi connectivity index (χ3n) is 19.7. The van der Waals surface area contributed by atoms with E-state index in [-0.39, 0.29) is 12.5 Å². The topological polar surface area (TPSA) is 228 Å². The third-order valence-corrected chi connectivity index (χ3v) is 19.7. The molecule has 0 spiro atoms. The van der Waals surface area contributed by atoms with Crippen molar-refractivity contribution in [3.63, 3.8) is 0 Å². The molecule has 91 heavy (non-hydrogen) atoms. The third kappa shape index (κ3) is 45.8. The molecule has 14 heteroatoms. The lowest BCUT2D eigenvalue weighted by molar-refractivity contribution is -0.359. The van der Waals surface area contributed by atoms with Gasteiger partial charge in [-0.1, -0.05) is 347 Å². The first kappa shape index (κ1) is 85.8. The molecule has 0 aromatic heterocycles. The van der Waals surface area contributed by atoms with Crippen LogP contribution in [0.25, 0.3) is 0 Å². The number of nitrogens with one attached hydrogen (secondary N) is 1. The second kappa shape index (κ2) is 62.3. The molecule has 1 amide bonds. The van der Waals surface area contributed by atoms with E-state index in [9.17, 15) is 45.6 Å². The number of rotatable bonds is 67. The van der Waals surface area contributed by atoms with Gasteiger partial charge in [0.2, 0.25) is 5.91 Å². The number of unbranched alkanes of at least 4 members (excludes halogenated alkanes) is 52. The Morgan fingerprint density at radius 3 is 1.04 bits per heavy atom. The summed E-state index contributed by atoms with van der Waals surface area (Å²) < 4.78 is 23.0. The predicted octanol–water partition coefficient (Wildman–Crippen LogP) is 17.3. The van der Waals surface area contributed by atoms with Gasteiger partial charge in [-0.2, -0.15) is 0 Å². The highest BCUT2D eigenvalue weighted by atomic mass is 16.7. The van der Waals surface area contributed by atoms with Crippen LogP contribution in [0.2, 0.25) is 0 Å². The van der Waals surface area contributed by atoms with Gasteiger partial charge in [0.15, 0.2) is 12.6 Å². The highest BCUT2D eigenvalue weighted by Gasteiger charge is 2.51. The molecule has 14 nitrogen and oxygen atoms in total. The molecule has 2 saturated heterocycles. The van der Waals surface area contributed by atoms with Crippen LogP contribution < -0.4 is 5.32 Å². The van der Waals surface area contributed by atoms with Crippen LogP contribution in [0.3, 0.4) is 0 Å². The minimum atomic E-state index is -1.78. The van der Waals surface area contributed by atoms with Gasteiger partial charge < -0.3 is 65.1 Å². The van der Waals surface area contributed by atoms with Crippen LogP contribution in [0.1, 0.15) is 380 Å². The van der Waals surface area contributed by atoms with Crippen molar-refractivity contribution >= 4 is 5.91 Å². The number of hydrogen-bond acceptors (Lipinski definition) is 13. The van der Waals surface area contributed by atoms with Crippen molar-refractivity contribution in [1.29, 1.82) is 0 Å². The lowest BCUT2D eigenvalue weighted by atomic mass is 9.97. The Morgan fingerprint density at radius 1 is 0.385 bits per heavy atom. The van der Waals surface area contributed by atoms with Crippen LogP contribution in [0.5, 0.6) is 0 Å². The van der Waals surface area contributed by atoms with E-state index in [1.54, 1.807) is 0 Å². The monoisotopic (exact) mass is 1300 g/mol. The van der Waals surface area contributed by atoms with Gasteiger partial charge in [0.1, 0.15) is 48.8 Å². The molecule has 2 aliphatic rings. The van der Waals surface area contributed by atoms with Gasteiger partial charge in [-0.15, -0.1) is 0 Å². The molecule has 0 saturated carbocycles. The van der Waals surface area contributed by atoms with E-state index >= 15 is 0 Å². The maximum absolute atomic E-state index is 13.4. The van der Waals surface area contributed by atoms with Crippen LogP contribution in [0.15, 0.2) is 12.2 Å². The zero-order valence-electron chi connectivity index (χ0n) is 59.1. The zero-order valence-corrected chi connectivity index (χ0v) is 59.1. The first-order chi connectivity index (χ1) is 44.6. The second-order valence-electron chi connectivity index (χ2n) is 28.2. The number of amides is 1. The molecule has 0 aliphatic carbocycles. The number of carbonyl (C=O) groups is 1. The Hall–Kier alpha value is -1.27. The fraction of sp³-hybridized carbons (Fsp3) is 0.961. The highest BCUT2D eigenvalue weighted by Crippen LogP contribution is 2.30. The van der Waals surface area contributed by atoms with Crippen molar-refractivity contribution in [3.05, 3.63) is 12.2 Å². The fourth-order valence-electron chi connectivity index (χ4n) is 13.5. The molecule has 2 rings (SSSR count). The van der Waals surface area contributed by atoms with Gasteiger partial charge in [-0.25, -0.2) is 0 Å². The molecule has 12 atom stereocenters. The quantitative estimate of drug-likeness (QED) is 0.0204. The van der Waals surface area contributed by atoms with Gasteiger partial charge in [0.25, 0.3) is 0 Å². The molecule has 0 aromatic carbocycles. The summed E-state index contributed by atoms with van der Waals surface area (Å²) in [5, 5.41) is 87.8. The standard InChI is InChI=1S/C77H149NO13/c1-3-5-7-9-11-13-15-17-19-21-23-25-27-29-31-32-33-34-35-37-39-41-43-45-47-49-51-53-55-57-59-61-69(82)78-65(64-88-76-74(87)72(85)75(68(63-80)90-76)91-77-73(86)71(84)70(83)67(62-79)89-77)66(81)60-58-56-54-52-50-48-46-44-42-40-38-36-30-28-26-24-22-20-18-16-14-12-10-8-6-4-2/h21,23,65-68,70-77,79-81,83-87H,3-20,22,24-64H2,1-2H3,(H,78,82)/b23-21-. The number of hydrogen-bond donors (Lipinski definition) is 9. The summed E-state index contributed by atoms with van der Waals surface area (Å²) in [7, 11) is 0. The molecule has 2 heterocycles. The van der Waals surface area contributed by atoms with Crippen molar-refractivity contribution in [3.8, 4) is 0 Å². The van der Waals surface area contributed by atoms with E-state index in [1.165, 1.54) is 302 Å². The average molecular weight is 1300 g/mol. The molecule has 0 radical (unpaired) electrons. The molecule has 0 bridgehead atoms. The van der Waals surface area contributed by atoms with Crippen molar-refractivity contribution in [1.82, 2.24) is 5.32 Å². The summed E-state index contributed by atoms with van der Waals surface area (Å²) in [5.74, 6) is -0.197. The van der Waals surface area contributed by atoms with Gasteiger partial charge in [-0.3, -0.25) is 4.79 Å². The number of allylic oxidation sites excluding steroid dienone is 2. The second-order valence-corrected chi connectivity index (χ2v) is 28.2. The van der Waals surface area contributed by atoms with Crippen molar-refractivity contribution in [2.75, 3.05) is 19.8 Å². The summed E-state index contributed by atoms with van der Waals surface area (Å²) >= 11 is 0. The van der Waals surface area contributed by atoms with E-state index in [0.29, 0.717) is 12.8 Å². The summed E-state index contributed by atoms with van der Waals surface area (Å²) in [5.41, 5.74) is 0. The Labute approximate surface area is 558 Å². The molecule has 9 N–H and O–H groups in total. The smallest absolute Gasteiger partial charge is 0.220 e. The Kier molecular flexibility index (Phi) is 58.7. The molecule has 2 aliphatic heterocycles. The lowest BCUT2D eigenvalue weighted by Crippen LogP contribution is -2.65. The summed E-state index contributed by atoms with van der Waals surface area (Å²) in [6.07, 6.45) is 61.1. The average Bonchev–Trinajstić information content (AvgIpc) is 1.25. The first-order valence-corrected chi connectivity index (χ1v) is 39.4. The van der Waals surface area contributed by atoms with Crippen LogP contribution in [0.4, 0.5) is 0 Å². The normalized spacial score (nSPS) is 22.7. The molecular weight excluding hydrogens is 1150 g/mol. The van der Waals surface area contributed by atoms with E-state index in [2.05, 4.69) is 31.3 Å². The Morgan fingerprint density at radius 2 is 0.692 bits per heavy atom. The Bertz CT molecular complexity index is 1570. The molecular formula is C77H149NO13. The number of carbonyl (C=O) groups excluding carboxylic acids is 1. The van der Waals surface area contributed by atoms with Gasteiger partial charge in [-0.05, 0) is 38.5 Å². The minimum absolute atomic E-state index is 0.197. The van der Waals surface area contributed by atoms with Crippen molar-refractivity contribution in [2.45, 2.75) is 453 Å². The number of ether oxygens (including phenoxy) is 4. The maximum Gasteiger partial charge on any atom is 0.220 e. The molecule has 12 unspecified atom stereocenters. The van der Waals surface area contributed by atoms with Crippen LogP contribution in [-0.4, -0.2) is 140 Å². The fourth-order valence-corrected chi connectivity index (χ4v) is 13.5. The minimum Gasteiger partial charge on any atom is -0.394 e. The summed E-state index contributed by atoms with van der Waals surface area (Å²) in [4.78, 5) is 13.4. The first-order valence-electron chi connectivity index (χ1n) is 39.4. The predicted molar refractivity (Wildman–Crippen MR) is 374 cm³/mol. The summed E-state index contributed by atoms with van der Waals surface area (Å²) in [6, 6.07) is -0.827. The van der Waals surface area contributed by atoms with Crippen molar-refractivity contribution in [2.24, 2.45) is 0 Å². The maximum atomic E-state index is 13.4. The van der Waals surface area contributed by atoms with Gasteiger partial charge in [0.05, 0.1) is 32.0 Å². The number of aliphatic hydroxyl groups is 8. The van der Waals surface area contributed by atoms with E-state index < -0.39 is 86.8 Å². The largest absolute Gasteiger partial charge is 0.394 e. The van der Waals surface area contributed by atoms with Crippen LogP contribution in [0, 0.1) is 0 Å². The van der Waals surface area contributed by atoms with E-state index in [0.717, 1.165) is 51.4 Å². The Balaban J connectivity index is 1.61. The zero-order chi connectivity index (χ0) is 65.9. The highest BCUT2D eigenvalue weighted by molar-refractivity contribution is 5.76. The summed E-state index contributed by atoms with van der Waals surface area (Å²) in [6.45, 7) is 2.94.